The third kappa shape index (κ3) is 3.32. The van der Waals surface area contributed by atoms with Crippen molar-refractivity contribution in [3.05, 3.63) is 18.0 Å². The standard InChI is InChI=1S/C11H19N3O/c1-2-15-8-7-14-11(5-6-13-14)9-12-10-3-4-10/h5-6,10,12H,2-4,7-9H2,1H3. The van der Waals surface area contributed by atoms with Crippen LogP contribution < -0.4 is 5.32 Å². The molecular weight excluding hydrogens is 190 g/mol. The Balaban J connectivity index is 1.78. The second kappa shape index (κ2) is 5.28. The summed E-state index contributed by atoms with van der Waals surface area (Å²) in [7, 11) is 0. The van der Waals surface area contributed by atoms with Crippen LogP contribution in [0.2, 0.25) is 0 Å². The Bertz CT molecular complexity index is 294. The summed E-state index contributed by atoms with van der Waals surface area (Å²) in [5.74, 6) is 0. The van der Waals surface area contributed by atoms with E-state index in [1.165, 1.54) is 18.5 Å². The van der Waals surface area contributed by atoms with E-state index < -0.39 is 0 Å². The zero-order chi connectivity index (χ0) is 10.5. The van der Waals surface area contributed by atoms with E-state index in [0.717, 1.165) is 32.3 Å². The molecule has 1 fully saturated rings. The summed E-state index contributed by atoms with van der Waals surface area (Å²) >= 11 is 0. The third-order valence-electron chi connectivity index (χ3n) is 2.61. The van der Waals surface area contributed by atoms with E-state index in [-0.39, 0.29) is 0 Å². The van der Waals surface area contributed by atoms with Crippen molar-refractivity contribution in [1.82, 2.24) is 15.1 Å². The first kappa shape index (κ1) is 10.6. The first-order valence-corrected chi connectivity index (χ1v) is 5.72. The van der Waals surface area contributed by atoms with E-state index in [1.807, 2.05) is 17.8 Å². The van der Waals surface area contributed by atoms with Crippen LogP contribution in [-0.4, -0.2) is 29.0 Å². The molecule has 1 aromatic heterocycles. The number of hydrogen-bond donors (Lipinski definition) is 1. The minimum Gasteiger partial charge on any atom is -0.380 e. The molecule has 84 valence electrons. The Morgan fingerprint density at radius 2 is 2.47 bits per heavy atom. The summed E-state index contributed by atoms with van der Waals surface area (Å²) in [6.45, 7) is 5.31. The predicted octanol–water partition coefficient (Wildman–Crippen LogP) is 1.17. The van der Waals surface area contributed by atoms with E-state index in [4.69, 9.17) is 4.74 Å². The molecule has 0 aliphatic heterocycles. The highest BCUT2D eigenvalue weighted by atomic mass is 16.5. The number of nitrogens with one attached hydrogen (secondary N) is 1. The van der Waals surface area contributed by atoms with Gasteiger partial charge in [-0.05, 0) is 25.8 Å². The van der Waals surface area contributed by atoms with Crippen LogP contribution in [0.3, 0.4) is 0 Å². The van der Waals surface area contributed by atoms with E-state index in [9.17, 15) is 0 Å². The number of aromatic nitrogens is 2. The predicted molar refractivity (Wildman–Crippen MR) is 58.6 cm³/mol. The van der Waals surface area contributed by atoms with Gasteiger partial charge in [0.15, 0.2) is 0 Å². The molecule has 0 amide bonds. The molecule has 4 nitrogen and oxygen atoms in total. The summed E-state index contributed by atoms with van der Waals surface area (Å²) in [5.41, 5.74) is 1.25. The highest BCUT2D eigenvalue weighted by Gasteiger charge is 2.20. The summed E-state index contributed by atoms with van der Waals surface area (Å²) in [6, 6.07) is 2.82. The Morgan fingerprint density at radius 3 is 3.20 bits per heavy atom. The molecule has 0 aromatic carbocycles. The van der Waals surface area contributed by atoms with Crippen LogP contribution in [0.15, 0.2) is 12.3 Å². The third-order valence-corrected chi connectivity index (χ3v) is 2.61. The molecule has 0 spiro atoms. The Morgan fingerprint density at radius 1 is 1.60 bits per heavy atom. The van der Waals surface area contributed by atoms with Crippen LogP contribution >= 0.6 is 0 Å². The van der Waals surface area contributed by atoms with Crippen molar-refractivity contribution in [1.29, 1.82) is 0 Å². The molecule has 1 aromatic rings. The summed E-state index contributed by atoms with van der Waals surface area (Å²) in [5, 5.41) is 7.77. The number of rotatable bonds is 7. The molecule has 4 heteroatoms. The zero-order valence-electron chi connectivity index (χ0n) is 9.28. The lowest BCUT2D eigenvalue weighted by atomic mass is 10.4. The number of nitrogens with zero attached hydrogens (tertiary/aromatic N) is 2. The van der Waals surface area contributed by atoms with Gasteiger partial charge in [0.2, 0.25) is 0 Å². The van der Waals surface area contributed by atoms with Crippen molar-refractivity contribution < 1.29 is 4.74 Å². The second-order valence-corrected chi connectivity index (χ2v) is 3.90. The molecule has 0 bridgehead atoms. The minimum absolute atomic E-state index is 0.745. The lowest BCUT2D eigenvalue weighted by Crippen LogP contribution is -2.19. The topological polar surface area (TPSA) is 39.1 Å². The molecule has 1 N–H and O–H groups in total. The average molecular weight is 209 g/mol. The van der Waals surface area contributed by atoms with Gasteiger partial charge >= 0.3 is 0 Å². The molecule has 1 saturated carbocycles. The molecular formula is C11H19N3O. The zero-order valence-corrected chi connectivity index (χ0v) is 9.28. The lowest BCUT2D eigenvalue weighted by Gasteiger charge is -2.08. The van der Waals surface area contributed by atoms with Gasteiger partial charge in [-0.15, -0.1) is 0 Å². The molecule has 1 heterocycles. The lowest BCUT2D eigenvalue weighted by molar-refractivity contribution is 0.135. The fourth-order valence-corrected chi connectivity index (χ4v) is 1.54. The van der Waals surface area contributed by atoms with E-state index in [2.05, 4.69) is 16.5 Å². The van der Waals surface area contributed by atoms with Crippen molar-refractivity contribution in [3.63, 3.8) is 0 Å². The largest absolute Gasteiger partial charge is 0.380 e. The monoisotopic (exact) mass is 209 g/mol. The molecule has 0 atom stereocenters. The minimum atomic E-state index is 0.745. The van der Waals surface area contributed by atoms with Crippen LogP contribution in [0.4, 0.5) is 0 Å². The van der Waals surface area contributed by atoms with E-state index in [0.29, 0.717) is 0 Å². The van der Waals surface area contributed by atoms with Crippen molar-refractivity contribution in [2.24, 2.45) is 0 Å². The van der Waals surface area contributed by atoms with Gasteiger partial charge in [0.25, 0.3) is 0 Å². The first-order valence-electron chi connectivity index (χ1n) is 5.72. The maximum absolute atomic E-state index is 5.32. The van der Waals surface area contributed by atoms with Crippen molar-refractivity contribution >= 4 is 0 Å². The quantitative estimate of drug-likeness (QED) is 0.685. The Hall–Kier alpha value is -0.870. The Kier molecular flexibility index (Phi) is 3.75. The van der Waals surface area contributed by atoms with Gasteiger partial charge in [0, 0.05) is 25.4 Å². The van der Waals surface area contributed by atoms with Crippen LogP contribution in [0, 0.1) is 0 Å². The first-order chi connectivity index (χ1) is 7.40. The summed E-state index contributed by atoms with van der Waals surface area (Å²) < 4.78 is 7.34. The number of ether oxygens (including phenoxy) is 1. The van der Waals surface area contributed by atoms with Crippen molar-refractivity contribution in [3.8, 4) is 0 Å². The fraction of sp³-hybridized carbons (Fsp3) is 0.727. The molecule has 1 aliphatic rings. The SMILES string of the molecule is CCOCCn1nccc1CNC1CC1. The molecule has 0 saturated heterocycles. The average Bonchev–Trinajstić information content (AvgIpc) is 2.97. The van der Waals surface area contributed by atoms with Crippen LogP contribution in [0.25, 0.3) is 0 Å². The maximum Gasteiger partial charge on any atom is 0.0662 e. The maximum atomic E-state index is 5.32. The van der Waals surface area contributed by atoms with Gasteiger partial charge < -0.3 is 10.1 Å². The van der Waals surface area contributed by atoms with Gasteiger partial charge in [-0.3, -0.25) is 4.68 Å². The Labute approximate surface area is 90.6 Å². The molecule has 0 unspecified atom stereocenters. The van der Waals surface area contributed by atoms with Gasteiger partial charge in [-0.25, -0.2) is 0 Å². The smallest absolute Gasteiger partial charge is 0.0662 e. The second-order valence-electron chi connectivity index (χ2n) is 3.90. The van der Waals surface area contributed by atoms with E-state index >= 15 is 0 Å². The summed E-state index contributed by atoms with van der Waals surface area (Å²) in [4.78, 5) is 0. The summed E-state index contributed by atoms with van der Waals surface area (Å²) in [6.07, 6.45) is 4.51. The fourth-order valence-electron chi connectivity index (χ4n) is 1.54. The molecule has 1 aliphatic carbocycles. The van der Waals surface area contributed by atoms with Crippen molar-refractivity contribution in [2.75, 3.05) is 13.2 Å². The van der Waals surface area contributed by atoms with Crippen LogP contribution in [0.5, 0.6) is 0 Å². The molecule has 0 radical (unpaired) electrons. The van der Waals surface area contributed by atoms with Gasteiger partial charge in [0.05, 0.1) is 18.8 Å². The number of hydrogen-bond acceptors (Lipinski definition) is 3. The van der Waals surface area contributed by atoms with Gasteiger partial charge in [-0.2, -0.15) is 5.10 Å². The van der Waals surface area contributed by atoms with Crippen LogP contribution in [-0.2, 0) is 17.8 Å². The van der Waals surface area contributed by atoms with Gasteiger partial charge in [0.1, 0.15) is 0 Å². The van der Waals surface area contributed by atoms with Gasteiger partial charge in [-0.1, -0.05) is 0 Å². The highest BCUT2D eigenvalue weighted by molar-refractivity contribution is 5.01. The highest BCUT2D eigenvalue weighted by Crippen LogP contribution is 2.19. The van der Waals surface area contributed by atoms with E-state index in [1.54, 1.807) is 0 Å². The molecule has 2 rings (SSSR count). The molecule has 15 heavy (non-hydrogen) atoms. The van der Waals surface area contributed by atoms with Crippen molar-refractivity contribution in [2.45, 2.75) is 38.9 Å². The van der Waals surface area contributed by atoms with Crippen LogP contribution in [0.1, 0.15) is 25.5 Å². The normalized spacial score (nSPS) is 15.8.